The molecule has 3 saturated carbocycles. The number of amides is 2. The van der Waals surface area contributed by atoms with E-state index in [1.54, 1.807) is 61.5 Å². The number of rotatable bonds is 8. The van der Waals surface area contributed by atoms with Crippen LogP contribution >= 0.6 is 0 Å². The van der Waals surface area contributed by atoms with Gasteiger partial charge in [-0.05, 0) is 92.9 Å². The maximum absolute atomic E-state index is 12.1. The summed E-state index contributed by atoms with van der Waals surface area (Å²) in [4.78, 5) is 47.5. The molecule has 3 aliphatic rings. The van der Waals surface area contributed by atoms with Gasteiger partial charge in [-0.25, -0.2) is 19.2 Å². The summed E-state index contributed by atoms with van der Waals surface area (Å²) in [6.07, 6.45) is 3.96. The fourth-order valence-electron chi connectivity index (χ4n) is 4.28. The van der Waals surface area contributed by atoms with Crippen LogP contribution < -0.4 is 10.6 Å². The summed E-state index contributed by atoms with van der Waals surface area (Å²) < 4.78 is 20.4. The van der Waals surface area contributed by atoms with E-state index in [1.807, 2.05) is 0 Å². The number of nitrogens with one attached hydrogen (secondary N) is 2. The minimum Gasteiger partial charge on any atom is -0.464 e. The molecule has 0 bridgehead atoms. The van der Waals surface area contributed by atoms with E-state index >= 15 is 0 Å². The molecule has 2 amide bonds. The van der Waals surface area contributed by atoms with Crippen molar-refractivity contribution in [2.24, 2.45) is 17.8 Å². The Hall–Kier alpha value is -1.90. The Labute approximate surface area is 285 Å². The molecule has 0 saturated heterocycles. The molecule has 2 N–H and O–H groups in total. The number of alkyl carbamates (subject to hydrolysis) is 2. The number of ether oxygens (including phenoxy) is 4. The van der Waals surface area contributed by atoms with Crippen molar-refractivity contribution in [3.8, 4) is 0 Å². The first-order valence-corrected chi connectivity index (χ1v) is 16.0. The molecule has 4 atom stereocenters. The van der Waals surface area contributed by atoms with E-state index < -0.39 is 40.4 Å². The molecule has 0 radical (unpaired) electrons. The average Bonchev–Trinajstić information content (AvgIpc) is 3.74. The zero-order valence-electron chi connectivity index (χ0n) is 25.2. The van der Waals surface area contributed by atoms with Gasteiger partial charge in [-0.15, -0.1) is 6.58 Å². The van der Waals surface area contributed by atoms with Crippen molar-refractivity contribution < 1.29 is 38.1 Å². The van der Waals surface area contributed by atoms with Crippen molar-refractivity contribution in [1.82, 2.24) is 10.6 Å². The van der Waals surface area contributed by atoms with Gasteiger partial charge in [0.1, 0.15) is 22.3 Å². The highest BCUT2D eigenvalue weighted by molar-refractivity contribution is 8.07. The fourth-order valence-corrected chi connectivity index (χ4v) is 4.28. The first-order valence-electron chi connectivity index (χ1n) is 13.4. The van der Waals surface area contributed by atoms with Crippen molar-refractivity contribution in [3.05, 3.63) is 12.7 Å². The molecular weight excluding hydrogens is 645 g/mol. The smallest absolute Gasteiger partial charge is 0.408 e. The third-order valence-electron chi connectivity index (χ3n) is 6.23. The number of hydrogen-bond acceptors (Lipinski definition) is 12. The van der Waals surface area contributed by atoms with E-state index in [1.165, 1.54) is 0 Å². The molecule has 0 spiro atoms. The van der Waals surface area contributed by atoms with Gasteiger partial charge in [-0.2, -0.15) is 0 Å². The Morgan fingerprint density at radius 1 is 0.750 bits per heavy atom. The molecule has 0 unspecified atom stereocenters. The highest BCUT2D eigenvalue weighted by Crippen LogP contribution is 2.57. The first kappa shape index (κ1) is 49.0. The molecular formula is C30H56N2O8S4. The molecule has 10 nitrogen and oxygen atoms in total. The minimum atomic E-state index is -0.986. The number of hydrogen-bond donors (Lipinski definition) is 2. The molecule has 0 aliphatic heterocycles. The Morgan fingerprint density at radius 2 is 1.11 bits per heavy atom. The second kappa shape index (κ2) is 21.0. The van der Waals surface area contributed by atoms with Crippen LogP contribution in [-0.4, -0.2) is 59.6 Å². The van der Waals surface area contributed by atoms with Crippen LogP contribution in [0.5, 0.6) is 0 Å². The zero-order chi connectivity index (χ0) is 32.2. The van der Waals surface area contributed by atoms with Gasteiger partial charge in [-0.1, -0.05) is 28.4 Å². The van der Waals surface area contributed by atoms with Crippen molar-refractivity contribution in [3.63, 3.8) is 0 Å². The Morgan fingerprint density at radius 3 is 1.41 bits per heavy atom. The highest BCUT2D eigenvalue weighted by atomic mass is 32.8. The predicted molar refractivity (Wildman–Crippen MR) is 186 cm³/mol. The molecule has 14 heteroatoms. The summed E-state index contributed by atoms with van der Waals surface area (Å²) in [5.41, 5.74) is -2.98. The predicted octanol–water partition coefficient (Wildman–Crippen LogP) is 6.16. The fraction of sp³-hybridized carbons (Fsp3) is 0.800. The molecule has 3 aliphatic carbocycles. The average molecular weight is 701 g/mol. The van der Waals surface area contributed by atoms with Gasteiger partial charge in [0.25, 0.3) is 0 Å². The van der Waals surface area contributed by atoms with E-state index in [-0.39, 0.29) is 46.7 Å². The normalized spacial score (nSPS) is 23.6. The van der Waals surface area contributed by atoms with E-state index in [0.717, 1.165) is 12.8 Å². The lowest BCUT2D eigenvalue weighted by atomic mass is 10.1. The van der Waals surface area contributed by atoms with Crippen LogP contribution in [0.25, 0.3) is 0 Å². The number of esters is 2. The second-order valence-electron chi connectivity index (χ2n) is 11.8. The van der Waals surface area contributed by atoms with Crippen molar-refractivity contribution in [1.29, 1.82) is 0 Å². The summed E-state index contributed by atoms with van der Waals surface area (Å²) >= 11 is 14.7. The van der Waals surface area contributed by atoms with Gasteiger partial charge in [0.05, 0.1) is 13.2 Å². The lowest BCUT2D eigenvalue weighted by Gasteiger charge is -2.23. The topological polar surface area (TPSA) is 129 Å². The van der Waals surface area contributed by atoms with Gasteiger partial charge < -0.3 is 29.6 Å². The van der Waals surface area contributed by atoms with Crippen LogP contribution in [0.4, 0.5) is 9.59 Å². The number of carbonyl (C=O) groups is 4. The SMILES string of the molecule is C.C.C.C=C[C@@H]1C[C@]1(NC(=O)OC(C)(C)C)C(=O)OCC.CCOC(=O)[C@@]1(NC(=O)OC(C)(C)C)C[C@H]1C1CC1.S=S.S=S. The third-order valence-corrected chi connectivity index (χ3v) is 6.23. The zero-order valence-corrected chi connectivity index (χ0v) is 28.4. The highest BCUT2D eigenvalue weighted by Gasteiger charge is 2.67. The molecule has 44 heavy (non-hydrogen) atoms. The van der Waals surface area contributed by atoms with Crippen LogP contribution in [0, 0.1) is 17.8 Å². The molecule has 0 aromatic carbocycles. The minimum absolute atomic E-state index is 0. The number of carbonyl (C=O) groups excluding carboxylic acids is 4. The van der Waals surface area contributed by atoms with Gasteiger partial charge in [0.2, 0.25) is 0 Å². The van der Waals surface area contributed by atoms with E-state index in [9.17, 15) is 19.2 Å². The van der Waals surface area contributed by atoms with E-state index in [2.05, 4.69) is 62.0 Å². The van der Waals surface area contributed by atoms with Gasteiger partial charge in [0.15, 0.2) is 0 Å². The summed E-state index contributed by atoms with van der Waals surface area (Å²) in [5, 5.41) is 5.35. The molecule has 3 rings (SSSR count). The van der Waals surface area contributed by atoms with E-state index in [4.69, 9.17) is 18.9 Å². The van der Waals surface area contributed by atoms with E-state index in [0.29, 0.717) is 25.4 Å². The van der Waals surface area contributed by atoms with Crippen LogP contribution in [0.1, 0.15) is 103 Å². The summed E-state index contributed by atoms with van der Waals surface area (Å²) in [7, 11) is 0. The van der Waals surface area contributed by atoms with Crippen molar-refractivity contribution in [2.45, 2.75) is 126 Å². The largest absolute Gasteiger partial charge is 0.464 e. The first-order chi connectivity index (χ1) is 19.0. The molecule has 3 fully saturated rings. The van der Waals surface area contributed by atoms with Crippen LogP contribution in [0.3, 0.4) is 0 Å². The quantitative estimate of drug-likeness (QED) is 0.171. The monoisotopic (exact) mass is 700 g/mol. The maximum atomic E-state index is 12.1. The van der Waals surface area contributed by atoms with Gasteiger partial charge in [0, 0.05) is 50.7 Å². The Bertz CT molecular complexity index is 935. The van der Waals surface area contributed by atoms with Crippen LogP contribution in [0.2, 0.25) is 0 Å². The van der Waals surface area contributed by atoms with Gasteiger partial charge in [-0.3, -0.25) is 0 Å². The maximum Gasteiger partial charge on any atom is 0.408 e. The standard InChI is InChI=1S/C14H23NO4.C13H21NO4.3CH4.2S2/c1-5-18-11(16)14(8-10(14)9-6-7-9)15-12(17)19-13(2,3)4;1-6-9-8-13(9,10(15)17-7-2)14-11(16)18-12(3,4)5;;;;2*1-2/h9-10H,5-8H2,1-4H3,(H,15,17);6,9H,1,7-8H2,2-5H3,(H,14,16);3*1H4;;/t10-,14+;9-,13-;;;;;/m01...../s1. The molecule has 0 aromatic heterocycles. The summed E-state index contributed by atoms with van der Waals surface area (Å²) in [6.45, 7) is 18.4. The molecule has 0 heterocycles. The summed E-state index contributed by atoms with van der Waals surface area (Å²) in [6, 6.07) is 0. The lowest BCUT2D eigenvalue weighted by Crippen LogP contribution is -2.48. The van der Waals surface area contributed by atoms with Crippen molar-refractivity contribution in [2.75, 3.05) is 13.2 Å². The lowest BCUT2D eigenvalue weighted by molar-refractivity contribution is -0.148. The summed E-state index contributed by atoms with van der Waals surface area (Å²) in [5.74, 6) is -0.0685. The second-order valence-corrected chi connectivity index (χ2v) is 11.8. The third kappa shape index (κ3) is 15.4. The molecule has 0 aromatic rings. The van der Waals surface area contributed by atoms with Gasteiger partial charge >= 0.3 is 24.1 Å². The van der Waals surface area contributed by atoms with Crippen molar-refractivity contribution >= 4 is 68.9 Å². The Kier molecular flexibility index (Phi) is 23.4. The molecule has 258 valence electrons. The van der Waals surface area contributed by atoms with Crippen LogP contribution in [0.15, 0.2) is 12.7 Å². The Balaban J connectivity index is -0.000000308. The van der Waals surface area contributed by atoms with Crippen LogP contribution in [-0.2, 0) is 73.3 Å².